The molecular weight excluding hydrogens is 307 g/mol. The van der Waals surface area contributed by atoms with Crippen LogP contribution in [0.25, 0.3) is 0 Å². The molecule has 2 rings (SSSR count). The van der Waals surface area contributed by atoms with Crippen molar-refractivity contribution in [1.29, 1.82) is 0 Å². The predicted molar refractivity (Wildman–Crippen MR) is 84.8 cm³/mol. The molecule has 0 radical (unpaired) electrons. The zero-order valence-corrected chi connectivity index (χ0v) is 13.7. The van der Waals surface area contributed by atoms with Crippen molar-refractivity contribution < 1.29 is 13.9 Å². The number of amides is 1. The zero-order chi connectivity index (χ0) is 16.1. The minimum absolute atomic E-state index is 0.0318. The fourth-order valence-corrected chi connectivity index (χ4v) is 2.81. The fourth-order valence-electron chi connectivity index (χ4n) is 2.56. The first-order chi connectivity index (χ1) is 10.5. The van der Waals surface area contributed by atoms with Crippen LogP contribution in [0.1, 0.15) is 24.2 Å². The van der Waals surface area contributed by atoms with Crippen LogP contribution in [-0.4, -0.2) is 49.7 Å². The molecule has 1 saturated heterocycles. The number of halogens is 2. The van der Waals surface area contributed by atoms with Crippen molar-refractivity contribution in [2.24, 2.45) is 5.92 Å². The van der Waals surface area contributed by atoms with Gasteiger partial charge < -0.3 is 10.1 Å². The monoisotopic (exact) mass is 328 g/mol. The second-order valence-corrected chi connectivity index (χ2v) is 6.39. The summed E-state index contributed by atoms with van der Waals surface area (Å²) in [6, 6.07) is 3.75. The molecule has 6 heteroatoms. The maximum Gasteiger partial charge on any atom is 0.252 e. The number of morpholine rings is 1. The number of carbonyl (C=O) groups is 1. The summed E-state index contributed by atoms with van der Waals surface area (Å²) in [6.07, 6.45) is -0.0318. The van der Waals surface area contributed by atoms with E-state index in [4.69, 9.17) is 16.3 Å². The SMILES string of the molecule is CC(C)CN1CCO[C@H](CNC(=O)c2ccc(F)cc2Cl)C1. The highest BCUT2D eigenvalue weighted by Gasteiger charge is 2.22. The quantitative estimate of drug-likeness (QED) is 0.903. The summed E-state index contributed by atoms with van der Waals surface area (Å²) in [7, 11) is 0. The second-order valence-electron chi connectivity index (χ2n) is 5.98. The van der Waals surface area contributed by atoms with E-state index in [1.807, 2.05) is 0 Å². The van der Waals surface area contributed by atoms with Gasteiger partial charge in [0.2, 0.25) is 0 Å². The summed E-state index contributed by atoms with van der Waals surface area (Å²) >= 11 is 5.89. The highest BCUT2D eigenvalue weighted by molar-refractivity contribution is 6.33. The molecule has 1 atom stereocenters. The molecule has 1 aromatic carbocycles. The van der Waals surface area contributed by atoms with Gasteiger partial charge in [0.25, 0.3) is 5.91 Å². The van der Waals surface area contributed by atoms with Crippen molar-refractivity contribution in [3.8, 4) is 0 Å². The molecule has 4 nitrogen and oxygen atoms in total. The molecule has 1 heterocycles. The van der Waals surface area contributed by atoms with Gasteiger partial charge in [0.05, 0.1) is 23.3 Å². The predicted octanol–water partition coefficient (Wildman–Crippen LogP) is 2.57. The summed E-state index contributed by atoms with van der Waals surface area (Å²) in [5.41, 5.74) is 0.276. The molecule has 1 aliphatic heterocycles. The van der Waals surface area contributed by atoms with Crippen molar-refractivity contribution in [2.45, 2.75) is 20.0 Å². The van der Waals surface area contributed by atoms with Crippen molar-refractivity contribution in [3.05, 3.63) is 34.6 Å². The molecule has 0 unspecified atom stereocenters. The van der Waals surface area contributed by atoms with E-state index in [1.54, 1.807) is 0 Å². The van der Waals surface area contributed by atoms with Gasteiger partial charge in [-0.1, -0.05) is 25.4 Å². The van der Waals surface area contributed by atoms with Crippen LogP contribution in [0, 0.1) is 11.7 Å². The molecule has 0 aromatic heterocycles. The smallest absolute Gasteiger partial charge is 0.252 e. The Hall–Kier alpha value is -1.17. The number of nitrogens with zero attached hydrogens (tertiary/aromatic N) is 1. The summed E-state index contributed by atoms with van der Waals surface area (Å²) in [5, 5.41) is 2.92. The Morgan fingerprint density at radius 2 is 2.32 bits per heavy atom. The first-order valence-electron chi connectivity index (χ1n) is 7.53. The Kier molecular flexibility index (Phi) is 6.17. The molecule has 0 aliphatic carbocycles. The lowest BCUT2D eigenvalue weighted by molar-refractivity contribution is -0.0295. The van der Waals surface area contributed by atoms with E-state index in [1.165, 1.54) is 12.1 Å². The lowest BCUT2D eigenvalue weighted by Gasteiger charge is -2.33. The molecule has 1 aromatic rings. The van der Waals surface area contributed by atoms with Gasteiger partial charge in [-0.2, -0.15) is 0 Å². The zero-order valence-electron chi connectivity index (χ0n) is 12.9. The lowest BCUT2D eigenvalue weighted by atomic mass is 10.1. The Labute approximate surface area is 135 Å². The van der Waals surface area contributed by atoms with Gasteiger partial charge in [0, 0.05) is 26.2 Å². The van der Waals surface area contributed by atoms with Gasteiger partial charge in [-0.05, 0) is 24.1 Å². The largest absolute Gasteiger partial charge is 0.374 e. The minimum atomic E-state index is -0.457. The van der Waals surface area contributed by atoms with Crippen LogP contribution in [0.2, 0.25) is 5.02 Å². The van der Waals surface area contributed by atoms with Gasteiger partial charge in [0.15, 0.2) is 0 Å². The average molecular weight is 329 g/mol. The highest BCUT2D eigenvalue weighted by Crippen LogP contribution is 2.17. The minimum Gasteiger partial charge on any atom is -0.374 e. The third-order valence-corrected chi connectivity index (χ3v) is 3.83. The van der Waals surface area contributed by atoms with Crippen LogP contribution in [0.3, 0.4) is 0 Å². The van der Waals surface area contributed by atoms with Crippen molar-refractivity contribution >= 4 is 17.5 Å². The fraction of sp³-hybridized carbons (Fsp3) is 0.562. The van der Waals surface area contributed by atoms with E-state index >= 15 is 0 Å². The second kappa shape index (κ2) is 7.90. The first kappa shape index (κ1) is 17.2. The van der Waals surface area contributed by atoms with E-state index in [2.05, 4.69) is 24.1 Å². The molecule has 0 spiro atoms. The van der Waals surface area contributed by atoms with Gasteiger partial charge in [-0.25, -0.2) is 4.39 Å². The number of hydrogen-bond acceptors (Lipinski definition) is 3. The third kappa shape index (κ3) is 4.93. The lowest BCUT2D eigenvalue weighted by Crippen LogP contribution is -2.48. The maximum atomic E-state index is 13.0. The third-order valence-electron chi connectivity index (χ3n) is 3.51. The normalized spacial score (nSPS) is 19.4. The topological polar surface area (TPSA) is 41.6 Å². The summed E-state index contributed by atoms with van der Waals surface area (Å²) in [6.45, 7) is 8.21. The Morgan fingerprint density at radius 3 is 3.00 bits per heavy atom. The van der Waals surface area contributed by atoms with Gasteiger partial charge >= 0.3 is 0 Å². The number of ether oxygens (including phenoxy) is 1. The average Bonchev–Trinajstić information content (AvgIpc) is 2.44. The molecule has 1 fully saturated rings. The van der Waals surface area contributed by atoms with Gasteiger partial charge in [-0.3, -0.25) is 9.69 Å². The Bertz CT molecular complexity index is 525. The number of benzene rings is 1. The van der Waals surface area contributed by atoms with E-state index in [9.17, 15) is 9.18 Å². The van der Waals surface area contributed by atoms with Crippen LogP contribution in [0.5, 0.6) is 0 Å². The van der Waals surface area contributed by atoms with Gasteiger partial charge in [-0.15, -0.1) is 0 Å². The highest BCUT2D eigenvalue weighted by atomic mass is 35.5. The summed E-state index contributed by atoms with van der Waals surface area (Å²) in [4.78, 5) is 14.4. The number of nitrogens with one attached hydrogen (secondary N) is 1. The molecule has 1 amide bonds. The van der Waals surface area contributed by atoms with Crippen LogP contribution >= 0.6 is 11.6 Å². The van der Waals surface area contributed by atoms with E-state index in [0.29, 0.717) is 19.1 Å². The molecule has 0 bridgehead atoms. The summed E-state index contributed by atoms with van der Waals surface area (Å²) in [5.74, 6) is -0.164. The molecule has 0 saturated carbocycles. The van der Waals surface area contributed by atoms with Crippen molar-refractivity contribution in [2.75, 3.05) is 32.8 Å². The van der Waals surface area contributed by atoms with E-state index in [-0.39, 0.29) is 22.6 Å². The molecular formula is C16H22ClFN2O2. The van der Waals surface area contributed by atoms with Crippen molar-refractivity contribution in [3.63, 3.8) is 0 Å². The van der Waals surface area contributed by atoms with Crippen LogP contribution < -0.4 is 5.32 Å². The van der Waals surface area contributed by atoms with Crippen molar-refractivity contribution in [1.82, 2.24) is 10.2 Å². The van der Waals surface area contributed by atoms with Crippen LogP contribution in [0.15, 0.2) is 18.2 Å². The molecule has 122 valence electrons. The van der Waals surface area contributed by atoms with Crippen LogP contribution in [-0.2, 0) is 4.74 Å². The Morgan fingerprint density at radius 1 is 1.55 bits per heavy atom. The molecule has 1 N–H and O–H groups in total. The van der Waals surface area contributed by atoms with E-state index in [0.717, 1.165) is 25.7 Å². The molecule has 1 aliphatic rings. The standard InChI is InChI=1S/C16H22ClFN2O2/c1-11(2)9-20-5-6-22-13(10-20)8-19-16(21)14-4-3-12(18)7-15(14)17/h3-4,7,11,13H,5-6,8-10H2,1-2H3,(H,19,21)/t13-/m1/s1. The van der Waals surface area contributed by atoms with Crippen LogP contribution in [0.4, 0.5) is 4.39 Å². The first-order valence-corrected chi connectivity index (χ1v) is 7.90. The molecule has 22 heavy (non-hydrogen) atoms. The number of rotatable bonds is 5. The number of carbonyl (C=O) groups excluding carboxylic acids is 1. The Balaban J connectivity index is 1.85. The van der Waals surface area contributed by atoms with Gasteiger partial charge in [0.1, 0.15) is 5.82 Å². The maximum absolute atomic E-state index is 13.0. The van der Waals surface area contributed by atoms with E-state index < -0.39 is 5.82 Å². The number of hydrogen-bond donors (Lipinski definition) is 1. The summed E-state index contributed by atoms with van der Waals surface area (Å²) < 4.78 is 18.7.